The number of carbonyl (C=O) groups excluding carboxylic acids is 1. The summed E-state index contributed by atoms with van der Waals surface area (Å²) in [6, 6.07) is 7.48. The Morgan fingerprint density at radius 1 is 1.32 bits per heavy atom. The maximum absolute atomic E-state index is 11.7. The fraction of sp³-hybridized carbons (Fsp3) is 0.500. The summed E-state index contributed by atoms with van der Waals surface area (Å²) in [4.78, 5) is 13.3. The maximum atomic E-state index is 11.7. The zero-order chi connectivity index (χ0) is 14.5. The van der Waals surface area contributed by atoms with E-state index in [1.807, 2.05) is 45.0 Å². The molecule has 0 aliphatic carbocycles. The molecule has 0 atom stereocenters. The Morgan fingerprint density at radius 3 is 2.42 bits per heavy atom. The van der Waals surface area contributed by atoms with Crippen LogP contribution in [0, 0.1) is 0 Å². The van der Waals surface area contributed by atoms with Crippen LogP contribution in [0.2, 0.25) is 0 Å². The lowest BCUT2D eigenvalue weighted by molar-refractivity contribution is 0.0305. The van der Waals surface area contributed by atoms with E-state index in [0.717, 1.165) is 11.4 Å². The minimum Gasteiger partial charge on any atom is -0.444 e. The minimum absolute atomic E-state index is 0.313. The summed E-state index contributed by atoms with van der Waals surface area (Å²) in [7, 11) is 1.72. The van der Waals surface area contributed by atoms with Crippen LogP contribution in [0.15, 0.2) is 24.3 Å². The molecule has 0 unspecified atom stereocenters. The summed E-state index contributed by atoms with van der Waals surface area (Å²) in [6.07, 6.45) is -0.313. The van der Waals surface area contributed by atoms with Crippen LogP contribution in [0.4, 0.5) is 16.2 Å². The van der Waals surface area contributed by atoms with Crippen molar-refractivity contribution in [1.82, 2.24) is 4.90 Å². The van der Waals surface area contributed by atoms with Gasteiger partial charge < -0.3 is 20.7 Å². The number of hydrogen-bond acceptors (Lipinski definition) is 4. The molecule has 0 aromatic heterocycles. The predicted octanol–water partition coefficient (Wildman–Crippen LogP) is 2.55. The van der Waals surface area contributed by atoms with Gasteiger partial charge in [0, 0.05) is 31.5 Å². The number of nitrogens with one attached hydrogen (secondary N) is 1. The van der Waals surface area contributed by atoms with Crippen LogP contribution in [-0.4, -0.2) is 36.7 Å². The van der Waals surface area contributed by atoms with Crippen LogP contribution >= 0.6 is 0 Å². The molecule has 0 aliphatic rings. The number of ether oxygens (including phenoxy) is 1. The van der Waals surface area contributed by atoms with E-state index in [0.29, 0.717) is 13.1 Å². The molecule has 3 N–H and O–H groups in total. The third kappa shape index (κ3) is 5.99. The summed E-state index contributed by atoms with van der Waals surface area (Å²) in [5.74, 6) is 0. The number of benzene rings is 1. The second-order valence-electron chi connectivity index (χ2n) is 5.45. The largest absolute Gasteiger partial charge is 0.444 e. The van der Waals surface area contributed by atoms with Crippen molar-refractivity contribution in [3.8, 4) is 0 Å². The number of hydrogen-bond donors (Lipinski definition) is 2. The van der Waals surface area contributed by atoms with Crippen LogP contribution in [0.3, 0.4) is 0 Å². The van der Waals surface area contributed by atoms with Crippen LogP contribution < -0.4 is 11.1 Å². The van der Waals surface area contributed by atoms with Crippen molar-refractivity contribution in [2.75, 3.05) is 31.2 Å². The molecule has 19 heavy (non-hydrogen) atoms. The van der Waals surface area contributed by atoms with Gasteiger partial charge in [0.05, 0.1) is 0 Å². The van der Waals surface area contributed by atoms with Gasteiger partial charge in [-0.05, 0) is 45.0 Å². The second kappa shape index (κ2) is 6.31. The van der Waals surface area contributed by atoms with Gasteiger partial charge in [0.15, 0.2) is 0 Å². The molecule has 5 nitrogen and oxygen atoms in total. The maximum Gasteiger partial charge on any atom is 0.410 e. The number of likely N-dealkylation sites (N-methyl/N-ethyl adjacent to an activating group) is 1. The van der Waals surface area contributed by atoms with Gasteiger partial charge in [0.2, 0.25) is 0 Å². The standard InChI is InChI=1S/C14H23N3O2/c1-14(2,3)19-13(18)17(4)10-9-16-12-7-5-11(15)6-8-12/h5-8,16H,9-10,15H2,1-4H3. The molecule has 1 amide bonds. The van der Waals surface area contributed by atoms with E-state index in [1.165, 1.54) is 0 Å². The number of nitrogens with zero attached hydrogens (tertiary/aromatic N) is 1. The lowest BCUT2D eigenvalue weighted by Gasteiger charge is -2.24. The summed E-state index contributed by atoms with van der Waals surface area (Å²) in [5, 5.41) is 3.22. The molecule has 0 fully saturated rings. The average Bonchev–Trinajstić information content (AvgIpc) is 2.29. The van der Waals surface area contributed by atoms with Crippen molar-refractivity contribution in [3.63, 3.8) is 0 Å². The van der Waals surface area contributed by atoms with Gasteiger partial charge in [0.1, 0.15) is 5.60 Å². The normalized spacial score (nSPS) is 10.9. The van der Waals surface area contributed by atoms with Crippen molar-refractivity contribution in [1.29, 1.82) is 0 Å². The van der Waals surface area contributed by atoms with E-state index in [-0.39, 0.29) is 6.09 Å². The van der Waals surface area contributed by atoms with Crippen LogP contribution in [0.1, 0.15) is 20.8 Å². The molecule has 0 saturated carbocycles. The molecule has 0 spiro atoms. The topological polar surface area (TPSA) is 67.6 Å². The third-order valence-corrected chi connectivity index (χ3v) is 2.39. The smallest absolute Gasteiger partial charge is 0.410 e. The van der Waals surface area contributed by atoms with Gasteiger partial charge in [-0.2, -0.15) is 0 Å². The van der Waals surface area contributed by atoms with E-state index in [2.05, 4.69) is 5.32 Å². The fourth-order valence-electron chi connectivity index (χ4n) is 1.40. The van der Waals surface area contributed by atoms with Crippen LogP contribution in [0.25, 0.3) is 0 Å². The number of anilines is 2. The molecule has 5 heteroatoms. The van der Waals surface area contributed by atoms with Crippen LogP contribution in [0.5, 0.6) is 0 Å². The molecular weight excluding hydrogens is 242 g/mol. The van der Waals surface area contributed by atoms with Gasteiger partial charge in [-0.25, -0.2) is 4.79 Å². The molecule has 0 saturated heterocycles. The number of amides is 1. The van der Waals surface area contributed by atoms with Gasteiger partial charge in [-0.3, -0.25) is 0 Å². The molecule has 0 heterocycles. The van der Waals surface area contributed by atoms with E-state index < -0.39 is 5.60 Å². The Hall–Kier alpha value is -1.91. The van der Waals surface area contributed by atoms with Gasteiger partial charge >= 0.3 is 6.09 Å². The van der Waals surface area contributed by atoms with Crippen LogP contribution in [-0.2, 0) is 4.74 Å². The highest BCUT2D eigenvalue weighted by molar-refractivity contribution is 5.67. The molecule has 106 valence electrons. The second-order valence-corrected chi connectivity index (χ2v) is 5.45. The highest BCUT2D eigenvalue weighted by Gasteiger charge is 2.18. The first kappa shape index (κ1) is 15.1. The first-order valence-electron chi connectivity index (χ1n) is 6.31. The lowest BCUT2D eigenvalue weighted by atomic mass is 10.2. The highest BCUT2D eigenvalue weighted by Crippen LogP contribution is 2.11. The molecule has 0 aliphatic heterocycles. The Morgan fingerprint density at radius 2 is 1.89 bits per heavy atom. The van der Waals surface area contributed by atoms with Gasteiger partial charge in [0.25, 0.3) is 0 Å². The van der Waals surface area contributed by atoms with E-state index in [9.17, 15) is 4.79 Å². The third-order valence-electron chi connectivity index (χ3n) is 2.39. The Kier molecular flexibility index (Phi) is 5.03. The van der Waals surface area contributed by atoms with Crippen molar-refractivity contribution in [2.24, 2.45) is 0 Å². The van der Waals surface area contributed by atoms with Crippen molar-refractivity contribution in [2.45, 2.75) is 26.4 Å². The van der Waals surface area contributed by atoms with Crippen molar-refractivity contribution < 1.29 is 9.53 Å². The number of rotatable bonds is 4. The summed E-state index contributed by atoms with van der Waals surface area (Å²) in [6.45, 7) is 6.78. The molecule has 1 aromatic carbocycles. The number of nitrogens with two attached hydrogens (primary N) is 1. The Balaban J connectivity index is 2.32. The first-order valence-corrected chi connectivity index (χ1v) is 6.31. The molecule has 1 aromatic rings. The van der Waals surface area contributed by atoms with Crippen molar-refractivity contribution >= 4 is 17.5 Å². The molecule has 0 radical (unpaired) electrons. The number of carbonyl (C=O) groups is 1. The predicted molar refractivity (Wildman–Crippen MR) is 78.2 cm³/mol. The van der Waals surface area contributed by atoms with E-state index in [4.69, 9.17) is 10.5 Å². The zero-order valence-electron chi connectivity index (χ0n) is 12.1. The van der Waals surface area contributed by atoms with Crippen molar-refractivity contribution in [3.05, 3.63) is 24.3 Å². The summed E-state index contributed by atoms with van der Waals surface area (Å²) >= 11 is 0. The highest BCUT2D eigenvalue weighted by atomic mass is 16.6. The SMILES string of the molecule is CN(CCNc1ccc(N)cc1)C(=O)OC(C)(C)C. The quantitative estimate of drug-likeness (QED) is 0.821. The minimum atomic E-state index is -0.463. The van der Waals surface area contributed by atoms with Gasteiger partial charge in [-0.1, -0.05) is 0 Å². The molecule has 0 bridgehead atoms. The monoisotopic (exact) mass is 265 g/mol. The first-order chi connectivity index (χ1) is 8.78. The summed E-state index contributed by atoms with van der Waals surface area (Å²) in [5.41, 5.74) is 6.85. The molecule has 1 rings (SSSR count). The Bertz CT molecular complexity index is 410. The van der Waals surface area contributed by atoms with E-state index in [1.54, 1.807) is 11.9 Å². The average molecular weight is 265 g/mol. The molecular formula is C14H23N3O2. The Labute approximate surface area is 114 Å². The summed E-state index contributed by atoms with van der Waals surface area (Å²) < 4.78 is 5.26. The lowest BCUT2D eigenvalue weighted by Crippen LogP contribution is -2.36. The van der Waals surface area contributed by atoms with Gasteiger partial charge in [-0.15, -0.1) is 0 Å². The zero-order valence-corrected chi connectivity index (χ0v) is 12.1. The fourth-order valence-corrected chi connectivity index (χ4v) is 1.40. The number of nitrogen functional groups attached to an aromatic ring is 1. The van der Waals surface area contributed by atoms with E-state index >= 15 is 0 Å².